The van der Waals surface area contributed by atoms with Crippen LogP contribution in [0, 0.1) is 20.2 Å². The fourth-order valence-corrected chi connectivity index (χ4v) is 3.49. The topological polar surface area (TPSA) is 172 Å². The summed E-state index contributed by atoms with van der Waals surface area (Å²) >= 11 is 0. The molecule has 41 heavy (non-hydrogen) atoms. The lowest BCUT2D eigenvalue weighted by Crippen LogP contribution is -2.20. The lowest BCUT2D eigenvalue weighted by atomic mass is 10.2. The molecule has 13 nitrogen and oxygen atoms in total. The van der Waals surface area contributed by atoms with Crippen molar-refractivity contribution in [2.45, 2.75) is 0 Å². The molecule has 13 heteroatoms. The Kier molecular flexibility index (Phi) is 9.02. The van der Waals surface area contributed by atoms with Gasteiger partial charge in [0, 0.05) is 23.5 Å². The van der Waals surface area contributed by atoms with Crippen molar-refractivity contribution in [2.24, 2.45) is 0 Å². The third-order valence-electron chi connectivity index (χ3n) is 5.35. The smallest absolute Gasteiger partial charge is 0.310 e. The zero-order valence-electron chi connectivity index (χ0n) is 21.2. The standard InChI is InChI=1S/C28H22N4O9/c33-27(17-39-25-7-3-1-5-23(25)31(35)36)29-19-9-13-21(14-10-19)41-22-15-11-20(12-16-22)30-28(34)18-40-26-8-4-2-6-24(26)32(37)38/h1-16H,17-18H2,(H,29,33)(H,30,34). The van der Waals surface area contributed by atoms with Crippen molar-refractivity contribution in [1.29, 1.82) is 0 Å². The van der Waals surface area contributed by atoms with Gasteiger partial charge in [0.1, 0.15) is 11.5 Å². The second-order valence-corrected chi connectivity index (χ2v) is 8.27. The quantitative estimate of drug-likeness (QED) is 0.172. The Morgan fingerprint density at radius 1 is 0.585 bits per heavy atom. The second-order valence-electron chi connectivity index (χ2n) is 8.27. The summed E-state index contributed by atoms with van der Waals surface area (Å²) < 4.78 is 16.3. The van der Waals surface area contributed by atoms with E-state index >= 15 is 0 Å². The first-order valence-electron chi connectivity index (χ1n) is 12.0. The molecule has 0 saturated heterocycles. The molecule has 0 atom stereocenters. The molecule has 2 N–H and O–H groups in total. The molecule has 0 bridgehead atoms. The highest BCUT2D eigenvalue weighted by atomic mass is 16.6. The number of benzene rings is 4. The first-order valence-corrected chi connectivity index (χ1v) is 12.0. The van der Waals surface area contributed by atoms with Crippen LogP contribution in [0.15, 0.2) is 97.1 Å². The molecule has 208 valence electrons. The number of ether oxygens (including phenoxy) is 3. The Balaban J connectivity index is 1.24. The molecule has 0 heterocycles. The Bertz CT molecular complexity index is 1440. The number of hydrogen-bond acceptors (Lipinski definition) is 9. The van der Waals surface area contributed by atoms with Gasteiger partial charge in [0.2, 0.25) is 0 Å². The van der Waals surface area contributed by atoms with Gasteiger partial charge in [-0.3, -0.25) is 29.8 Å². The summed E-state index contributed by atoms with van der Waals surface area (Å²) in [6, 6.07) is 24.5. The number of amides is 2. The minimum absolute atomic E-state index is 0.00576. The Morgan fingerprint density at radius 2 is 0.951 bits per heavy atom. The number of carbonyl (C=O) groups excluding carboxylic acids is 2. The van der Waals surface area contributed by atoms with E-state index in [1.165, 1.54) is 36.4 Å². The molecule has 4 aromatic carbocycles. The molecular weight excluding hydrogens is 536 g/mol. The normalized spacial score (nSPS) is 10.2. The predicted octanol–water partition coefficient (Wildman–Crippen LogP) is 5.33. The molecule has 0 saturated carbocycles. The number of para-hydroxylation sites is 4. The predicted molar refractivity (Wildman–Crippen MR) is 147 cm³/mol. The molecule has 4 aromatic rings. The lowest BCUT2D eigenvalue weighted by molar-refractivity contribution is -0.386. The lowest BCUT2D eigenvalue weighted by Gasteiger charge is -2.10. The molecule has 4 rings (SSSR count). The number of rotatable bonds is 12. The van der Waals surface area contributed by atoms with Crippen LogP contribution in [-0.2, 0) is 9.59 Å². The number of nitrogens with zero attached hydrogens (tertiary/aromatic N) is 2. The summed E-state index contributed by atoms with van der Waals surface area (Å²) in [4.78, 5) is 45.3. The molecule has 0 aliphatic heterocycles. The van der Waals surface area contributed by atoms with Crippen LogP contribution in [0.4, 0.5) is 22.7 Å². The number of hydrogen-bond donors (Lipinski definition) is 2. The zero-order chi connectivity index (χ0) is 29.2. The molecule has 0 aliphatic carbocycles. The van der Waals surface area contributed by atoms with Gasteiger partial charge in [-0.15, -0.1) is 0 Å². The largest absolute Gasteiger partial charge is 0.477 e. The average Bonchev–Trinajstić information content (AvgIpc) is 2.97. The number of carbonyl (C=O) groups is 2. The highest BCUT2D eigenvalue weighted by Gasteiger charge is 2.16. The first-order chi connectivity index (χ1) is 19.8. The van der Waals surface area contributed by atoms with Crippen LogP contribution in [-0.4, -0.2) is 34.9 Å². The van der Waals surface area contributed by atoms with E-state index in [0.29, 0.717) is 22.9 Å². The molecule has 0 aromatic heterocycles. The fourth-order valence-electron chi connectivity index (χ4n) is 3.49. The molecule has 0 radical (unpaired) electrons. The van der Waals surface area contributed by atoms with Crippen molar-refractivity contribution in [2.75, 3.05) is 23.8 Å². The minimum Gasteiger partial charge on any atom is -0.477 e. The van der Waals surface area contributed by atoms with Crippen LogP contribution in [0.3, 0.4) is 0 Å². The third-order valence-corrected chi connectivity index (χ3v) is 5.35. The second kappa shape index (κ2) is 13.2. The van der Waals surface area contributed by atoms with Gasteiger partial charge in [-0.25, -0.2) is 0 Å². The summed E-state index contributed by atoms with van der Waals surface area (Å²) in [5, 5.41) is 27.4. The maximum absolute atomic E-state index is 12.2. The van der Waals surface area contributed by atoms with E-state index in [1.54, 1.807) is 60.7 Å². The highest BCUT2D eigenvalue weighted by Crippen LogP contribution is 2.27. The van der Waals surface area contributed by atoms with Gasteiger partial charge in [-0.1, -0.05) is 24.3 Å². The SMILES string of the molecule is O=C(COc1ccccc1[N+](=O)[O-])Nc1ccc(Oc2ccc(NC(=O)COc3ccccc3[N+](=O)[O-])cc2)cc1. The van der Waals surface area contributed by atoms with Crippen molar-refractivity contribution in [3.05, 3.63) is 117 Å². The van der Waals surface area contributed by atoms with Gasteiger partial charge in [0.15, 0.2) is 24.7 Å². The van der Waals surface area contributed by atoms with Crippen molar-refractivity contribution < 1.29 is 33.6 Å². The van der Waals surface area contributed by atoms with Gasteiger partial charge in [-0.05, 0) is 60.7 Å². The average molecular weight is 559 g/mol. The Hall–Kier alpha value is -5.98. The monoisotopic (exact) mass is 558 g/mol. The number of nitro groups is 2. The molecule has 2 amide bonds. The van der Waals surface area contributed by atoms with E-state index in [4.69, 9.17) is 14.2 Å². The minimum atomic E-state index is -0.588. The van der Waals surface area contributed by atoms with Gasteiger partial charge < -0.3 is 24.8 Å². The van der Waals surface area contributed by atoms with E-state index in [0.717, 1.165) is 0 Å². The first kappa shape index (κ1) is 28.0. The molecule has 0 unspecified atom stereocenters. The van der Waals surface area contributed by atoms with Crippen LogP contribution in [0.2, 0.25) is 0 Å². The van der Waals surface area contributed by atoms with Gasteiger partial charge in [0.25, 0.3) is 11.8 Å². The van der Waals surface area contributed by atoms with Gasteiger partial charge >= 0.3 is 11.4 Å². The Morgan fingerprint density at radius 3 is 1.32 bits per heavy atom. The van der Waals surface area contributed by atoms with Crippen LogP contribution < -0.4 is 24.8 Å². The fraction of sp³-hybridized carbons (Fsp3) is 0.0714. The highest BCUT2D eigenvalue weighted by molar-refractivity contribution is 5.92. The van der Waals surface area contributed by atoms with E-state index < -0.39 is 34.9 Å². The summed E-state index contributed by atoms with van der Waals surface area (Å²) in [7, 11) is 0. The van der Waals surface area contributed by atoms with Crippen molar-refractivity contribution in [3.8, 4) is 23.0 Å². The Labute approximate surface area is 232 Å². The zero-order valence-corrected chi connectivity index (χ0v) is 21.2. The van der Waals surface area contributed by atoms with Crippen LogP contribution in [0.5, 0.6) is 23.0 Å². The van der Waals surface area contributed by atoms with Crippen LogP contribution in [0.1, 0.15) is 0 Å². The molecule has 0 spiro atoms. The van der Waals surface area contributed by atoms with Gasteiger partial charge in [-0.2, -0.15) is 0 Å². The molecule has 0 aliphatic rings. The van der Waals surface area contributed by atoms with Crippen molar-refractivity contribution in [1.82, 2.24) is 0 Å². The molecule has 0 fully saturated rings. The van der Waals surface area contributed by atoms with Crippen LogP contribution >= 0.6 is 0 Å². The van der Waals surface area contributed by atoms with E-state index in [2.05, 4.69) is 10.6 Å². The van der Waals surface area contributed by atoms with E-state index in [-0.39, 0.29) is 22.9 Å². The van der Waals surface area contributed by atoms with Crippen molar-refractivity contribution >= 4 is 34.6 Å². The summed E-state index contributed by atoms with van der Waals surface area (Å²) in [5.74, 6) is -0.0474. The van der Waals surface area contributed by atoms with Crippen LogP contribution in [0.25, 0.3) is 0 Å². The summed E-state index contributed by atoms with van der Waals surface area (Å²) in [6.07, 6.45) is 0. The van der Waals surface area contributed by atoms with E-state index in [9.17, 15) is 29.8 Å². The van der Waals surface area contributed by atoms with Gasteiger partial charge in [0.05, 0.1) is 9.85 Å². The number of nitrogens with one attached hydrogen (secondary N) is 2. The maximum atomic E-state index is 12.2. The number of nitro benzene ring substituents is 2. The number of anilines is 2. The van der Waals surface area contributed by atoms with E-state index in [1.807, 2.05) is 0 Å². The third kappa shape index (κ3) is 8.00. The maximum Gasteiger partial charge on any atom is 0.310 e. The summed E-state index contributed by atoms with van der Waals surface area (Å²) in [5.41, 5.74) is 0.467. The molecular formula is C28H22N4O9. The summed E-state index contributed by atoms with van der Waals surface area (Å²) in [6.45, 7) is -0.825. The van der Waals surface area contributed by atoms with Crippen molar-refractivity contribution in [3.63, 3.8) is 0 Å².